The SMILES string of the molecule is CCCNCC(CC1CSc2ccccc21)C1CCCC1. The van der Waals surface area contributed by atoms with Gasteiger partial charge in [-0.1, -0.05) is 50.8 Å². The summed E-state index contributed by atoms with van der Waals surface area (Å²) < 4.78 is 0. The number of hydrogen-bond donors (Lipinski definition) is 1. The summed E-state index contributed by atoms with van der Waals surface area (Å²) in [5.74, 6) is 3.96. The Bertz CT molecular complexity index is 439. The number of nitrogens with one attached hydrogen (secondary N) is 1. The first kappa shape index (κ1) is 15.4. The third-order valence-corrected chi connectivity index (χ3v) is 6.54. The molecule has 1 aliphatic carbocycles. The van der Waals surface area contributed by atoms with Crippen LogP contribution in [0.3, 0.4) is 0 Å². The zero-order valence-electron chi connectivity index (χ0n) is 13.3. The number of fused-ring (bicyclic) bond motifs is 1. The average molecular weight is 304 g/mol. The van der Waals surface area contributed by atoms with Crippen molar-refractivity contribution in [2.45, 2.75) is 56.3 Å². The molecule has 21 heavy (non-hydrogen) atoms. The van der Waals surface area contributed by atoms with E-state index in [-0.39, 0.29) is 0 Å². The standard InChI is InChI=1S/C19H29NS/c1-2-11-20-13-16(15-7-3-4-8-15)12-17-14-21-19-10-6-5-9-18(17)19/h5-6,9-10,15-17,20H,2-4,7-8,11-14H2,1H3. The molecule has 2 atom stereocenters. The second-order valence-corrected chi connectivity index (χ2v) is 7.85. The average Bonchev–Trinajstić information content (AvgIpc) is 3.16. The van der Waals surface area contributed by atoms with Crippen molar-refractivity contribution < 1.29 is 0 Å². The van der Waals surface area contributed by atoms with Crippen LogP contribution >= 0.6 is 11.8 Å². The van der Waals surface area contributed by atoms with Gasteiger partial charge in [0.05, 0.1) is 0 Å². The lowest BCUT2D eigenvalue weighted by molar-refractivity contribution is 0.291. The second kappa shape index (κ2) is 7.69. The van der Waals surface area contributed by atoms with Crippen LogP contribution in [-0.2, 0) is 0 Å². The molecule has 1 aromatic rings. The van der Waals surface area contributed by atoms with Crippen LogP contribution in [0.5, 0.6) is 0 Å². The molecule has 0 spiro atoms. The highest BCUT2D eigenvalue weighted by atomic mass is 32.2. The minimum Gasteiger partial charge on any atom is -0.316 e. The fourth-order valence-electron chi connectivity index (χ4n) is 4.13. The Morgan fingerprint density at radius 3 is 2.86 bits per heavy atom. The van der Waals surface area contributed by atoms with Gasteiger partial charge in [0.2, 0.25) is 0 Å². The first-order chi connectivity index (χ1) is 10.4. The molecule has 1 heterocycles. The first-order valence-corrected chi connectivity index (χ1v) is 9.79. The van der Waals surface area contributed by atoms with Crippen LogP contribution in [0, 0.1) is 11.8 Å². The van der Waals surface area contributed by atoms with E-state index in [1.165, 1.54) is 62.3 Å². The highest BCUT2D eigenvalue weighted by Crippen LogP contribution is 2.44. The number of benzene rings is 1. The molecule has 2 aliphatic rings. The second-order valence-electron chi connectivity index (χ2n) is 6.79. The van der Waals surface area contributed by atoms with E-state index in [0.29, 0.717) is 0 Å². The van der Waals surface area contributed by atoms with Crippen LogP contribution in [0.4, 0.5) is 0 Å². The Hall–Kier alpha value is -0.470. The molecule has 0 saturated heterocycles. The molecule has 1 aliphatic heterocycles. The molecule has 2 unspecified atom stereocenters. The summed E-state index contributed by atoms with van der Waals surface area (Å²) in [4.78, 5) is 1.54. The van der Waals surface area contributed by atoms with Crippen molar-refractivity contribution in [1.29, 1.82) is 0 Å². The summed E-state index contributed by atoms with van der Waals surface area (Å²) in [6.07, 6.45) is 8.51. The molecule has 3 rings (SSSR count). The molecule has 0 amide bonds. The van der Waals surface area contributed by atoms with E-state index in [2.05, 4.69) is 48.3 Å². The highest BCUT2D eigenvalue weighted by Gasteiger charge is 2.30. The van der Waals surface area contributed by atoms with E-state index in [0.717, 1.165) is 17.8 Å². The molecule has 1 N–H and O–H groups in total. The van der Waals surface area contributed by atoms with Crippen LogP contribution in [0.2, 0.25) is 0 Å². The van der Waals surface area contributed by atoms with Crippen LogP contribution in [0.1, 0.15) is 56.9 Å². The zero-order chi connectivity index (χ0) is 14.5. The van der Waals surface area contributed by atoms with E-state index in [1.54, 1.807) is 5.56 Å². The predicted octanol–water partition coefficient (Wildman–Crippen LogP) is 5.07. The molecular weight excluding hydrogens is 274 g/mol. The lowest BCUT2D eigenvalue weighted by Crippen LogP contribution is -2.29. The molecular formula is C19H29NS. The van der Waals surface area contributed by atoms with Crippen molar-refractivity contribution in [3.8, 4) is 0 Å². The fraction of sp³-hybridized carbons (Fsp3) is 0.684. The third-order valence-electron chi connectivity index (χ3n) is 5.29. The minimum absolute atomic E-state index is 0.792. The maximum Gasteiger partial charge on any atom is 0.0107 e. The lowest BCUT2D eigenvalue weighted by Gasteiger charge is -2.27. The van der Waals surface area contributed by atoms with Gasteiger partial charge >= 0.3 is 0 Å². The van der Waals surface area contributed by atoms with Gasteiger partial charge in [-0.25, -0.2) is 0 Å². The van der Waals surface area contributed by atoms with Gasteiger partial charge in [0.1, 0.15) is 0 Å². The van der Waals surface area contributed by atoms with Gasteiger partial charge in [0.15, 0.2) is 0 Å². The Balaban J connectivity index is 1.63. The van der Waals surface area contributed by atoms with E-state index in [4.69, 9.17) is 0 Å². The van der Waals surface area contributed by atoms with Gasteiger partial charge in [0.25, 0.3) is 0 Å². The van der Waals surface area contributed by atoms with Crippen LogP contribution in [0.25, 0.3) is 0 Å². The Labute approximate surface area is 134 Å². The molecule has 1 aromatic carbocycles. The van der Waals surface area contributed by atoms with Crippen molar-refractivity contribution in [3.63, 3.8) is 0 Å². The fourth-order valence-corrected chi connectivity index (χ4v) is 5.40. The van der Waals surface area contributed by atoms with E-state index >= 15 is 0 Å². The molecule has 1 saturated carbocycles. The van der Waals surface area contributed by atoms with Crippen molar-refractivity contribution in [3.05, 3.63) is 29.8 Å². The molecule has 0 aromatic heterocycles. The van der Waals surface area contributed by atoms with Gasteiger partial charge in [-0.3, -0.25) is 0 Å². The van der Waals surface area contributed by atoms with Crippen LogP contribution in [-0.4, -0.2) is 18.8 Å². The number of rotatable bonds is 7. The first-order valence-electron chi connectivity index (χ1n) is 8.81. The van der Waals surface area contributed by atoms with Crippen LogP contribution < -0.4 is 5.32 Å². The summed E-state index contributed by atoms with van der Waals surface area (Å²) in [7, 11) is 0. The Morgan fingerprint density at radius 2 is 2.05 bits per heavy atom. The van der Waals surface area contributed by atoms with Gasteiger partial charge in [-0.2, -0.15) is 0 Å². The smallest absolute Gasteiger partial charge is 0.0107 e. The number of thioether (sulfide) groups is 1. The van der Waals surface area contributed by atoms with E-state index < -0.39 is 0 Å². The normalized spacial score (nSPS) is 23.4. The van der Waals surface area contributed by atoms with Crippen molar-refractivity contribution in [1.82, 2.24) is 5.32 Å². The number of hydrogen-bond acceptors (Lipinski definition) is 2. The predicted molar refractivity (Wildman–Crippen MR) is 93.1 cm³/mol. The summed E-state index contributed by atoms with van der Waals surface area (Å²) in [6, 6.07) is 9.08. The monoisotopic (exact) mass is 303 g/mol. The van der Waals surface area contributed by atoms with Gasteiger partial charge in [0, 0.05) is 10.6 Å². The van der Waals surface area contributed by atoms with Crippen LogP contribution in [0.15, 0.2) is 29.2 Å². The summed E-state index contributed by atoms with van der Waals surface area (Å²) >= 11 is 2.07. The summed E-state index contributed by atoms with van der Waals surface area (Å²) in [6.45, 7) is 4.68. The van der Waals surface area contributed by atoms with Crippen molar-refractivity contribution in [2.75, 3.05) is 18.8 Å². The largest absolute Gasteiger partial charge is 0.316 e. The molecule has 116 valence electrons. The molecule has 0 radical (unpaired) electrons. The quantitative estimate of drug-likeness (QED) is 0.706. The molecule has 0 bridgehead atoms. The summed E-state index contributed by atoms with van der Waals surface area (Å²) in [5, 5.41) is 3.70. The topological polar surface area (TPSA) is 12.0 Å². The highest BCUT2D eigenvalue weighted by molar-refractivity contribution is 7.99. The lowest BCUT2D eigenvalue weighted by atomic mass is 9.81. The van der Waals surface area contributed by atoms with Crippen molar-refractivity contribution in [2.24, 2.45) is 11.8 Å². The summed E-state index contributed by atoms with van der Waals surface area (Å²) in [5.41, 5.74) is 1.63. The van der Waals surface area contributed by atoms with Gasteiger partial charge in [-0.15, -0.1) is 11.8 Å². The maximum absolute atomic E-state index is 3.70. The van der Waals surface area contributed by atoms with E-state index in [9.17, 15) is 0 Å². The minimum atomic E-state index is 0.792. The molecule has 2 heteroatoms. The van der Waals surface area contributed by atoms with E-state index in [1.807, 2.05) is 0 Å². The third kappa shape index (κ3) is 3.84. The van der Waals surface area contributed by atoms with Gasteiger partial charge in [-0.05, 0) is 55.3 Å². The molecule has 1 nitrogen and oxygen atoms in total. The Kier molecular flexibility index (Phi) is 5.65. The van der Waals surface area contributed by atoms with Gasteiger partial charge < -0.3 is 5.32 Å². The molecule has 1 fully saturated rings. The van der Waals surface area contributed by atoms with Crippen molar-refractivity contribution >= 4 is 11.8 Å². The maximum atomic E-state index is 3.70. The Morgan fingerprint density at radius 1 is 1.24 bits per heavy atom. The zero-order valence-corrected chi connectivity index (χ0v) is 14.1.